The summed E-state index contributed by atoms with van der Waals surface area (Å²) in [6.45, 7) is 3.99. The van der Waals surface area contributed by atoms with Crippen LogP contribution in [-0.2, 0) is 10.0 Å². The second-order valence-corrected chi connectivity index (χ2v) is 8.46. The summed E-state index contributed by atoms with van der Waals surface area (Å²) in [7, 11) is -2.03. The number of carbonyl (C=O) groups is 1. The molecule has 2 aromatic rings. The van der Waals surface area contributed by atoms with Crippen molar-refractivity contribution in [1.29, 1.82) is 0 Å². The minimum atomic E-state index is -3.57. The number of anilines is 1. The molecule has 2 rings (SSSR count). The fraction of sp³-hybridized carbons (Fsp3) is 0.316. The summed E-state index contributed by atoms with van der Waals surface area (Å²) in [5, 5.41) is 13.5. The lowest BCUT2D eigenvalue weighted by Gasteiger charge is -2.17. The van der Waals surface area contributed by atoms with E-state index in [-0.39, 0.29) is 16.1 Å². The van der Waals surface area contributed by atoms with Crippen molar-refractivity contribution in [3.63, 3.8) is 0 Å². The Hall–Kier alpha value is -2.78. The number of benzene rings is 2. The maximum Gasteiger partial charge on any atom is 0.272 e. The number of hydrogen-bond donors (Lipinski definition) is 1. The van der Waals surface area contributed by atoms with Gasteiger partial charge in [0, 0.05) is 36.5 Å². The number of amides is 1. The van der Waals surface area contributed by atoms with Crippen LogP contribution in [0.2, 0.25) is 0 Å². The number of carbonyl (C=O) groups excluding carboxylic acids is 1. The Labute approximate surface area is 164 Å². The first-order valence-electron chi connectivity index (χ1n) is 8.79. The Bertz CT molecular complexity index is 972. The van der Waals surface area contributed by atoms with Gasteiger partial charge in [0.15, 0.2) is 0 Å². The van der Waals surface area contributed by atoms with E-state index in [1.807, 2.05) is 6.92 Å². The molecule has 0 bridgehead atoms. The maximum atomic E-state index is 12.5. The van der Waals surface area contributed by atoms with Crippen molar-refractivity contribution in [3.05, 3.63) is 63.7 Å². The largest absolute Gasteiger partial charge is 0.322 e. The average molecular weight is 405 g/mol. The number of nitrogens with one attached hydrogen (secondary N) is 1. The number of rotatable bonds is 8. The summed E-state index contributed by atoms with van der Waals surface area (Å²) in [6, 6.07) is 10.00. The molecule has 0 atom stereocenters. The molecule has 1 amide bonds. The van der Waals surface area contributed by atoms with Gasteiger partial charge in [0.25, 0.3) is 11.6 Å². The molecule has 28 heavy (non-hydrogen) atoms. The van der Waals surface area contributed by atoms with Gasteiger partial charge >= 0.3 is 0 Å². The lowest BCUT2D eigenvalue weighted by Crippen LogP contribution is -2.27. The SMILES string of the molecule is CCCCN(C)S(=O)(=O)c1ccc(NC(=O)c2ccc([N+](=O)[O-])c(C)c2)cc1. The van der Waals surface area contributed by atoms with Crippen molar-refractivity contribution in [2.75, 3.05) is 18.9 Å². The molecule has 0 radical (unpaired) electrons. The summed E-state index contributed by atoms with van der Waals surface area (Å²) in [5.74, 6) is -0.436. The third-order valence-corrected chi connectivity index (χ3v) is 6.17. The quantitative estimate of drug-likeness (QED) is 0.533. The van der Waals surface area contributed by atoms with E-state index < -0.39 is 20.9 Å². The lowest BCUT2D eigenvalue weighted by molar-refractivity contribution is -0.385. The van der Waals surface area contributed by atoms with E-state index >= 15 is 0 Å². The van der Waals surface area contributed by atoms with Crippen molar-refractivity contribution < 1.29 is 18.1 Å². The van der Waals surface area contributed by atoms with Gasteiger partial charge < -0.3 is 5.32 Å². The molecule has 0 aromatic heterocycles. The summed E-state index contributed by atoms with van der Waals surface area (Å²) in [4.78, 5) is 22.9. The predicted octanol–water partition coefficient (Wildman–Crippen LogP) is 3.58. The average Bonchev–Trinajstić information content (AvgIpc) is 2.66. The summed E-state index contributed by atoms with van der Waals surface area (Å²) >= 11 is 0. The van der Waals surface area contributed by atoms with Crippen LogP contribution in [0.25, 0.3) is 0 Å². The maximum absolute atomic E-state index is 12.5. The van der Waals surface area contributed by atoms with E-state index in [1.165, 1.54) is 53.8 Å². The number of nitro benzene ring substituents is 1. The number of nitrogens with zero attached hydrogens (tertiary/aromatic N) is 2. The smallest absolute Gasteiger partial charge is 0.272 e. The molecule has 8 nitrogen and oxygen atoms in total. The number of sulfonamides is 1. The molecule has 0 aliphatic rings. The topological polar surface area (TPSA) is 110 Å². The fourth-order valence-corrected chi connectivity index (χ4v) is 3.81. The summed E-state index contributed by atoms with van der Waals surface area (Å²) in [6.07, 6.45) is 1.67. The molecule has 150 valence electrons. The standard InChI is InChI=1S/C19H23N3O5S/c1-4-5-12-21(3)28(26,27)17-9-7-16(8-10-17)20-19(23)15-6-11-18(22(24)25)14(2)13-15/h6-11,13H,4-5,12H2,1-3H3,(H,20,23). The lowest BCUT2D eigenvalue weighted by atomic mass is 10.1. The van der Waals surface area contributed by atoms with E-state index in [1.54, 1.807) is 6.92 Å². The van der Waals surface area contributed by atoms with Gasteiger partial charge in [0.2, 0.25) is 10.0 Å². The van der Waals surface area contributed by atoms with Gasteiger partial charge in [-0.25, -0.2) is 12.7 Å². The highest BCUT2D eigenvalue weighted by atomic mass is 32.2. The second kappa shape index (κ2) is 8.94. The third-order valence-electron chi connectivity index (χ3n) is 4.30. The van der Waals surface area contributed by atoms with Crippen molar-refractivity contribution >= 4 is 27.3 Å². The van der Waals surface area contributed by atoms with Crippen LogP contribution in [0.5, 0.6) is 0 Å². The van der Waals surface area contributed by atoms with E-state index in [4.69, 9.17) is 0 Å². The predicted molar refractivity (Wildman–Crippen MR) is 107 cm³/mol. The van der Waals surface area contributed by atoms with Crippen LogP contribution < -0.4 is 5.32 Å². The number of nitro groups is 1. The van der Waals surface area contributed by atoms with E-state index in [2.05, 4.69) is 5.32 Å². The van der Waals surface area contributed by atoms with E-state index in [0.717, 1.165) is 12.8 Å². The van der Waals surface area contributed by atoms with E-state index in [0.29, 0.717) is 17.8 Å². The molecular weight excluding hydrogens is 382 g/mol. The van der Waals surface area contributed by atoms with Crippen molar-refractivity contribution in [1.82, 2.24) is 4.31 Å². The van der Waals surface area contributed by atoms with Crippen LogP contribution >= 0.6 is 0 Å². The Morgan fingerprint density at radius 3 is 2.36 bits per heavy atom. The van der Waals surface area contributed by atoms with Gasteiger partial charge in [-0.15, -0.1) is 0 Å². The molecule has 9 heteroatoms. The van der Waals surface area contributed by atoms with Crippen LogP contribution in [-0.4, -0.2) is 37.1 Å². The molecule has 0 unspecified atom stereocenters. The van der Waals surface area contributed by atoms with Gasteiger partial charge in [-0.3, -0.25) is 14.9 Å². The fourth-order valence-electron chi connectivity index (χ4n) is 2.60. The van der Waals surface area contributed by atoms with Crippen LogP contribution in [0.3, 0.4) is 0 Å². The Morgan fingerprint density at radius 2 is 1.82 bits per heavy atom. The zero-order valence-electron chi connectivity index (χ0n) is 16.0. The highest BCUT2D eigenvalue weighted by Gasteiger charge is 2.20. The molecule has 0 fully saturated rings. The highest BCUT2D eigenvalue weighted by molar-refractivity contribution is 7.89. The van der Waals surface area contributed by atoms with Gasteiger partial charge in [-0.1, -0.05) is 13.3 Å². The first kappa shape index (κ1) is 21.5. The molecule has 0 saturated heterocycles. The Balaban J connectivity index is 2.13. The second-order valence-electron chi connectivity index (χ2n) is 6.42. The van der Waals surface area contributed by atoms with Crippen molar-refractivity contribution in [2.24, 2.45) is 0 Å². The molecule has 0 aliphatic carbocycles. The summed E-state index contributed by atoms with van der Waals surface area (Å²) in [5.41, 5.74) is 1.03. The van der Waals surface area contributed by atoms with Crippen LogP contribution in [0.4, 0.5) is 11.4 Å². The van der Waals surface area contributed by atoms with E-state index in [9.17, 15) is 23.3 Å². The minimum Gasteiger partial charge on any atom is -0.322 e. The summed E-state index contributed by atoms with van der Waals surface area (Å²) < 4.78 is 26.3. The minimum absolute atomic E-state index is 0.0571. The zero-order chi connectivity index (χ0) is 20.9. The van der Waals surface area contributed by atoms with Crippen molar-refractivity contribution in [3.8, 4) is 0 Å². The van der Waals surface area contributed by atoms with Gasteiger partial charge in [0.05, 0.1) is 9.82 Å². The molecule has 0 spiro atoms. The first-order valence-corrected chi connectivity index (χ1v) is 10.2. The van der Waals surface area contributed by atoms with Crippen LogP contribution in [0, 0.1) is 17.0 Å². The van der Waals surface area contributed by atoms with Crippen molar-refractivity contribution in [2.45, 2.75) is 31.6 Å². The first-order chi connectivity index (χ1) is 13.2. The number of unbranched alkanes of at least 4 members (excludes halogenated alkanes) is 1. The van der Waals surface area contributed by atoms with Gasteiger partial charge in [-0.05, 0) is 49.7 Å². The highest BCUT2D eigenvalue weighted by Crippen LogP contribution is 2.21. The van der Waals surface area contributed by atoms with Crippen LogP contribution in [0.15, 0.2) is 47.4 Å². The third kappa shape index (κ3) is 4.93. The Kier molecular flexibility index (Phi) is 6.87. The molecule has 0 saturated carbocycles. The van der Waals surface area contributed by atoms with Gasteiger partial charge in [-0.2, -0.15) is 0 Å². The number of hydrogen-bond acceptors (Lipinski definition) is 5. The monoisotopic (exact) mass is 405 g/mol. The van der Waals surface area contributed by atoms with Crippen LogP contribution in [0.1, 0.15) is 35.7 Å². The molecular formula is C19H23N3O5S. The van der Waals surface area contributed by atoms with Gasteiger partial charge in [0.1, 0.15) is 0 Å². The Morgan fingerprint density at radius 1 is 1.18 bits per heavy atom. The number of aryl methyl sites for hydroxylation is 1. The zero-order valence-corrected chi connectivity index (χ0v) is 16.8. The molecule has 1 N–H and O–H groups in total. The molecule has 0 heterocycles. The molecule has 0 aliphatic heterocycles. The normalized spacial score (nSPS) is 11.4. The molecule has 2 aromatic carbocycles.